The van der Waals surface area contributed by atoms with Crippen LogP contribution in [0.2, 0.25) is 0 Å². The number of ether oxygens (including phenoxy) is 3. The largest absolute Gasteiger partial charge is 0.489 e. The van der Waals surface area contributed by atoms with Crippen molar-refractivity contribution in [3.63, 3.8) is 0 Å². The Morgan fingerprint density at radius 3 is 2.74 bits per heavy atom. The van der Waals surface area contributed by atoms with Crippen molar-refractivity contribution in [1.82, 2.24) is 25.3 Å². The van der Waals surface area contributed by atoms with Gasteiger partial charge in [0.25, 0.3) is 0 Å². The number of esters is 1. The van der Waals surface area contributed by atoms with Crippen molar-refractivity contribution >= 4 is 12.1 Å². The lowest BCUT2D eigenvalue weighted by atomic mass is 9.87. The molecule has 1 unspecified atom stereocenters. The number of nitrogens with zero attached hydrogens (tertiary/aromatic N) is 4. The van der Waals surface area contributed by atoms with Crippen LogP contribution in [0, 0.1) is 11.8 Å². The highest BCUT2D eigenvalue weighted by atomic mass is 16.6. The molecule has 35 heavy (non-hydrogen) atoms. The van der Waals surface area contributed by atoms with E-state index in [4.69, 9.17) is 14.2 Å². The summed E-state index contributed by atoms with van der Waals surface area (Å²) >= 11 is 0. The molecule has 2 atom stereocenters. The van der Waals surface area contributed by atoms with Crippen molar-refractivity contribution in [2.24, 2.45) is 18.9 Å². The summed E-state index contributed by atoms with van der Waals surface area (Å²) in [5.41, 5.74) is 1.82. The summed E-state index contributed by atoms with van der Waals surface area (Å²) in [5.74, 6) is 1.11. The molecule has 2 fully saturated rings. The van der Waals surface area contributed by atoms with E-state index in [1.807, 2.05) is 26.0 Å². The van der Waals surface area contributed by atoms with Crippen LogP contribution in [0.1, 0.15) is 64.5 Å². The maximum absolute atomic E-state index is 12.3. The van der Waals surface area contributed by atoms with Crippen LogP contribution >= 0.6 is 0 Å². The lowest BCUT2D eigenvalue weighted by Gasteiger charge is -2.28. The maximum Gasteiger partial charge on any atom is 0.407 e. The molecule has 190 valence electrons. The predicted molar refractivity (Wildman–Crippen MR) is 127 cm³/mol. The number of rotatable bonds is 10. The van der Waals surface area contributed by atoms with Gasteiger partial charge in [-0.15, -0.1) is 5.10 Å². The van der Waals surface area contributed by atoms with Gasteiger partial charge in [0.15, 0.2) is 0 Å². The number of aryl methyl sites for hydroxylation is 1. The Kier molecular flexibility index (Phi) is 8.20. The Hall–Kier alpha value is -3.17. The number of hydrogen-bond donors (Lipinski definition) is 1. The Morgan fingerprint density at radius 2 is 2.03 bits per heavy atom. The van der Waals surface area contributed by atoms with Gasteiger partial charge in [-0.3, -0.25) is 9.78 Å². The predicted octanol–water partition coefficient (Wildman–Crippen LogP) is 3.79. The Labute approximate surface area is 205 Å². The van der Waals surface area contributed by atoms with Gasteiger partial charge in [0.2, 0.25) is 0 Å². The first kappa shape index (κ1) is 24.9. The number of pyridine rings is 1. The number of hydrogen-bond acceptors (Lipinski definition) is 8. The molecule has 0 bridgehead atoms. The third-order valence-electron chi connectivity index (χ3n) is 6.39. The van der Waals surface area contributed by atoms with Gasteiger partial charge in [-0.2, -0.15) is 0 Å². The Morgan fingerprint density at radius 1 is 1.20 bits per heavy atom. The highest BCUT2D eigenvalue weighted by Gasteiger charge is 2.30. The Balaban J connectivity index is 1.31. The highest BCUT2D eigenvalue weighted by molar-refractivity contribution is 5.72. The summed E-state index contributed by atoms with van der Waals surface area (Å²) in [6.07, 6.45) is 7.83. The van der Waals surface area contributed by atoms with Gasteiger partial charge >= 0.3 is 12.1 Å². The van der Waals surface area contributed by atoms with Crippen molar-refractivity contribution in [3.05, 3.63) is 24.0 Å². The normalized spacial score (nSPS) is 19.9. The van der Waals surface area contributed by atoms with E-state index in [0.717, 1.165) is 31.6 Å². The van der Waals surface area contributed by atoms with E-state index in [1.165, 1.54) is 12.8 Å². The van der Waals surface area contributed by atoms with Crippen LogP contribution in [0.3, 0.4) is 0 Å². The van der Waals surface area contributed by atoms with Gasteiger partial charge in [0.1, 0.15) is 23.7 Å². The Bertz CT molecular complexity index is 1000. The molecule has 0 aromatic carbocycles. The minimum atomic E-state index is -0.447. The molecule has 0 saturated heterocycles. The SMILES string of the molecule is CC(C)OC(=O)C1CCC[C@H](Oc2ccc(-c3nnn(C)c3COC(=O)NCCC3CC3)nc2)C1. The molecule has 1 amide bonds. The zero-order valence-corrected chi connectivity index (χ0v) is 20.7. The minimum absolute atomic E-state index is 0.0456. The zero-order chi connectivity index (χ0) is 24.8. The van der Waals surface area contributed by atoms with E-state index < -0.39 is 6.09 Å². The van der Waals surface area contributed by atoms with Gasteiger partial charge < -0.3 is 19.5 Å². The molecule has 2 aromatic heterocycles. The van der Waals surface area contributed by atoms with E-state index in [2.05, 4.69) is 20.6 Å². The average molecular weight is 486 g/mol. The van der Waals surface area contributed by atoms with E-state index in [-0.39, 0.29) is 30.7 Å². The molecule has 2 saturated carbocycles. The molecule has 0 spiro atoms. The standard InChI is InChI=1S/C25H35N5O5/c1-16(2)34-24(31)18-5-4-6-19(13-18)35-20-9-10-21(27-14-20)23-22(30(3)29-28-23)15-33-25(32)26-12-11-17-7-8-17/h9-10,14,16-19H,4-8,11-13,15H2,1-3H3,(H,26,32)/t18?,19-/m0/s1. The quantitative estimate of drug-likeness (QED) is 0.505. The first-order valence-corrected chi connectivity index (χ1v) is 12.5. The van der Waals surface area contributed by atoms with Crippen LogP contribution in [0.4, 0.5) is 4.79 Å². The smallest absolute Gasteiger partial charge is 0.407 e. The van der Waals surface area contributed by atoms with Crippen LogP contribution in [0.5, 0.6) is 5.75 Å². The van der Waals surface area contributed by atoms with E-state index >= 15 is 0 Å². The van der Waals surface area contributed by atoms with E-state index in [9.17, 15) is 9.59 Å². The molecule has 2 aliphatic carbocycles. The summed E-state index contributed by atoms with van der Waals surface area (Å²) in [6, 6.07) is 3.65. The van der Waals surface area contributed by atoms with Crippen LogP contribution < -0.4 is 10.1 Å². The lowest BCUT2D eigenvalue weighted by Crippen LogP contribution is -2.31. The third-order valence-corrected chi connectivity index (χ3v) is 6.39. The number of alkyl carbamates (subject to hydrolysis) is 1. The second-order valence-electron chi connectivity index (χ2n) is 9.71. The third kappa shape index (κ3) is 7.16. The van der Waals surface area contributed by atoms with Gasteiger partial charge in [-0.05, 0) is 64.0 Å². The number of carbonyl (C=O) groups is 2. The van der Waals surface area contributed by atoms with Crippen LogP contribution in [-0.4, -0.2) is 50.8 Å². The number of carbonyl (C=O) groups excluding carboxylic acids is 2. The molecule has 4 rings (SSSR count). The number of aromatic nitrogens is 4. The summed E-state index contributed by atoms with van der Waals surface area (Å²) in [5, 5.41) is 11.1. The van der Waals surface area contributed by atoms with Gasteiger partial charge in [0, 0.05) is 13.6 Å². The van der Waals surface area contributed by atoms with Crippen LogP contribution in [-0.2, 0) is 27.9 Å². The lowest BCUT2D eigenvalue weighted by molar-refractivity contribution is -0.154. The fourth-order valence-corrected chi connectivity index (χ4v) is 4.28. The molecular formula is C25H35N5O5. The molecule has 10 nitrogen and oxygen atoms in total. The van der Waals surface area contributed by atoms with Crippen LogP contribution in [0.25, 0.3) is 11.4 Å². The summed E-state index contributed by atoms with van der Waals surface area (Å²) in [4.78, 5) is 28.8. The first-order chi connectivity index (χ1) is 16.9. The molecule has 2 aromatic rings. The van der Waals surface area contributed by atoms with Crippen molar-refractivity contribution < 1.29 is 23.8 Å². The molecule has 0 aliphatic heterocycles. The highest BCUT2D eigenvalue weighted by Crippen LogP contribution is 2.32. The van der Waals surface area contributed by atoms with Crippen molar-refractivity contribution in [3.8, 4) is 17.1 Å². The van der Waals surface area contributed by atoms with Crippen LogP contribution in [0.15, 0.2) is 18.3 Å². The second kappa shape index (κ2) is 11.5. The molecular weight excluding hydrogens is 450 g/mol. The molecule has 2 aliphatic rings. The number of nitrogens with one attached hydrogen (secondary N) is 1. The summed E-state index contributed by atoms with van der Waals surface area (Å²) in [6.45, 7) is 4.40. The van der Waals surface area contributed by atoms with E-state index in [1.54, 1.807) is 17.9 Å². The molecule has 0 radical (unpaired) electrons. The van der Waals surface area contributed by atoms with Crippen molar-refractivity contribution in [2.45, 2.75) is 77.6 Å². The zero-order valence-electron chi connectivity index (χ0n) is 20.7. The monoisotopic (exact) mass is 485 g/mol. The van der Waals surface area contributed by atoms with Crippen molar-refractivity contribution in [1.29, 1.82) is 0 Å². The summed E-state index contributed by atoms with van der Waals surface area (Å²) in [7, 11) is 1.75. The topological polar surface area (TPSA) is 117 Å². The molecule has 10 heteroatoms. The number of amides is 1. The average Bonchev–Trinajstić information content (AvgIpc) is 3.58. The maximum atomic E-state index is 12.3. The fraction of sp³-hybridized carbons (Fsp3) is 0.640. The molecule has 1 N–H and O–H groups in total. The van der Waals surface area contributed by atoms with Gasteiger partial charge in [-0.1, -0.05) is 18.1 Å². The van der Waals surface area contributed by atoms with Gasteiger partial charge in [0.05, 0.1) is 30.0 Å². The molecule has 2 heterocycles. The van der Waals surface area contributed by atoms with E-state index in [0.29, 0.717) is 35.8 Å². The second-order valence-corrected chi connectivity index (χ2v) is 9.71. The summed E-state index contributed by atoms with van der Waals surface area (Å²) < 4.78 is 18.4. The van der Waals surface area contributed by atoms with Gasteiger partial charge in [-0.25, -0.2) is 9.48 Å². The minimum Gasteiger partial charge on any atom is -0.489 e. The fourth-order valence-electron chi connectivity index (χ4n) is 4.28. The van der Waals surface area contributed by atoms with Crippen molar-refractivity contribution in [2.75, 3.05) is 6.54 Å². The first-order valence-electron chi connectivity index (χ1n) is 12.5.